The van der Waals surface area contributed by atoms with E-state index >= 15 is 0 Å². The van der Waals surface area contributed by atoms with E-state index in [0.717, 1.165) is 49.0 Å². The van der Waals surface area contributed by atoms with Crippen LogP contribution in [0.5, 0.6) is 0 Å². The normalized spacial score (nSPS) is 17.8. The third kappa shape index (κ3) is 7.07. The molecular formula is C17H32N10O2. The van der Waals surface area contributed by atoms with Crippen molar-refractivity contribution in [2.24, 2.45) is 17.3 Å². The van der Waals surface area contributed by atoms with Crippen LogP contribution in [0.1, 0.15) is 69.8 Å². The van der Waals surface area contributed by atoms with E-state index < -0.39 is 11.7 Å². The molecule has 2 heterocycles. The molecule has 0 unspecified atom stereocenters. The smallest absolute Gasteiger partial charge is 0.421 e. The Balaban J connectivity index is 0.000000156. The van der Waals surface area contributed by atoms with Crippen molar-refractivity contribution in [3.8, 4) is 0 Å². The number of nitrogens with zero attached hydrogens (tertiary/aromatic N) is 4. The Hall–Kier alpha value is -2.57. The van der Waals surface area contributed by atoms with Crippen LogP contribution >= 0.6 is 0 Å². The fourth-order valence-electron chi connectivity index (χ4n) is 2.19. The lowest BCUT2D eigenvalue weighted by molar-refractivity contribution is 0.0527. The van der Waals surface area contributed by atoms with Gasteiger partial charge in [-0.25, -0.2) is 10.6 Å². The quantitative estimate of drug-likeness (QED) is 0.232. The molecule has 0 radical (unpaired) electrons. The number of hydrogen-bond donors (Lipinski definition) is 6. The van der Waals surface area contributed by atoms with E-state index in [1.54, 1.807) is 20.8 Å². The Labute approximate surface area is 169 Å². The number of aromatic amines is 2. The molecular weight excluding hydrogens is 376 g/mol. The summed E-state index contributed by atoms with van der Waals surface area (Å²) in [5.41, 5.74) is 12.8. The number of ether oxygens (including phenoxy) is 1. The summed E-state index contributed by atoms with van der Waals surface area (Å²) < 4.78 is 4.71. The van der Waals surface area contributed by atoms with Gasteiger partial charge in [0.1, 0.15) is 17.2 Å². The molecule has 2 aliphatic rings. The second-order valence-electron chi connectivity index (χ2n) is 8.48. The third-order valence-electron chi connectivity index (χ3n) is 4.24. The van der Waals surface area contributed by atoms with E-state index in [1.165, 1.54) is 0 Å². The van der Waals surface area contributed by atoms with Crippen molar-refractivity contribution < 1.29 is 9.53 Å². The molecule has 0 saturated heterocycles. The van der Waals surface area contributed by atoms with Gasteiger partial charge in [0.15, 0.2) is 11.6 Å². The Bertz CT molecular complexity index is 760. The zero-order chi connectivity index (χ0) is 21.9. The van der Waals surface area contributed by atoms with E-state index in [9.17, 15) is 4.79 Å². The summed E-state index contributed by atoms with van der Waals surface area (Å²) >= 11 is 0. The van der Waals surface area contributed by atoms with Crippen LogP contribution in [-0.4, -0.2) is 42.1 Å². The van der Waals surface area contributed by atoms with Gasteiger partial charge in [-0.05, 0) is 60.3 Å². The van der Waals surface area contributed by atoms with Crippen LogP contribution in [0.3, 0.4) is 0 Å². The number of carbonyl (C=O) groups is 1. The van der Waals surface area contributed by atoms with Crippen molar-refractivity contribution in [2.45, 2.75) is 77.0 Å². The molecule has 4 rings (SSSR count). The van der Waals surface area contributed by atoms with Gasteiger partial charge >= 0.3 is 6.09 Å². The first-order valence-corrected chi connectivity index (χ1v) is 9.44. The first kappa shape index (κ1) is 22.7. The number of aryl methyl sites for hydroxylation is 2. The van der Waals surface area contributed by atoms with Gasteiger partial charge < -0.3 is 26.2 Å². The Morgan fingerprint density at radius 2 is 1.31 bits per heavy atom. The summed E-state index contributed by atoms with van der Waals surface area (Å²) in [7, 11) is 0. The fourth-order valence-corrected chi connectivity index (χ4v) is 2.19. The topological polar surface area (TPSA) is 200 Å². The minimum Gasteiger partial charge on any atom is -0.443 e. The van der Waals surface area contributed by atoms with E-state index in [2.05, 4.69) is 30.4 Å². The lowest BCUT2D eigenvalue weighted by Gasteiger charge is -2.18. The number of hydrazine groups is 1. The van der Waals surface area contributed by atoms with E-state index in [1.807, 2.05) is 19.3 Å². The minimum absolute atomic E-state index is 0.165. The molecule has 0 aromatic carbocycles. The summed E-state index contributed by atoms with van der Waals surface area (Å²) in [4.78, 5) is 16.4. The van der Waals surface area contributed by atoms with Crippen molar-refractivity contribution in [1.29, 1.82) is 0 Å². The first-order chi connectivity index (χ1) is 13.4. The van der Waals surface area contributed by atoms with Gasteiger partial charge in [0.25, 0.3) is 0 Å². The number of hydrogen-bond acceptors (Lipinski definition) is 9. The zero-order valence-electron chi connectivity index (χ0n) is 17.7. The molecule has 2 aromatic heterocycles. The van der Waals surface area contributed by atoms with E-state index in [0.29, 0.717) is 0 Å². The lowest BCUT2D eigenvalue weighted by atomic mass is 10.2. The molecule has 9 N–H and O–H groups in total. The second kappa shape index (κ2) is 8.43. The molecule has 12 nitrogen and oxygen atoms in total. The molecule has 2 saturated carbocycles. The Morgan fingerprint density at radius 1 is 0.931 bits per heavy atom. The van der Waals surface area contributed by atoms with Crippen molar-refractivity contribution in [2.75, 3.05) is 0 Å². The molecule has 0 bridgehead atoms. The Morgan fingerprint density at radius 3 is 1.48 bits per heavy atom. The van der Waals surface area contributed by atoms with Crippen molar-refractivity contribution in [3.63, 3.8) is 0 Å². The number of aromatic nitrogens is 6. The molecule has 162 valence electrons. The number of carbonyl (C=O) groups excluding carboxylic acids is 1. The molecule has 0 atom stereocenters. The molecule has 0 aliphatic heterocycles. The maximum atomic E-state index is 10.4. The molecule has 2 aliphatic carbocycles. The van der Waals surface area contributed by atoms with Crippen molar-refractivity contribution in [3.05, 3.63) is 23.3 Å². The van der Waals surface area contributed by atoms with Crippen molar-refractivity contribution >= 4 is 6.09 Å². The van der Waals surface area contributed by atoms with E-state index in [-0.39, 0.29) is 11.1 Å². The maximum absolute atomic E-state index is 10.4. The SMILES string of the molecule is CC(C)(C)OC(=O)NN.Cc1nnc(C2(N)CC2)[nH]1.Cc1nnc(C2(N)CC2)[nH]1. The third-order valence-corrected chi connectivity index (χ3v) is 4.24. The predicted octanol–water partition coefficient (Wildman–Crippen LogP) is 0.507. The van der Waals surface area contributed by atoms with Crippen LogP contribution in [-0.2, 0) is 15.8 Å². The summed E-state index contributed by atoms with van der Waals surface area (Å²) in [5.74, 6) is 8.11. The monoisotopic (exact) mass is 408 g/mol. The maximum Gasteiger partial charge on any atom is 0.421 e. The van der Waals surface area contributed by atoms with Gasteiger partial charge in [-0.3, -0.25) is 5.43 Å². The highest BCUT2D eigenvalue weighted by molar-refractivity contribution is 5.66. The summed E-state index contributed by atoms with van der Waals surface area (Å²) in [6, 6.07) is 0. The molecule has 2 fully saturated rings. The van der Waals surface area contributed by atoms with Gasteiger partial charge in [0.2, 0.25) is 0 Å². The molecule has 12 heteroatoms. The highest BCUT2D eigenvalue weighted by Crippen LogP contribution is 2.41. The molecule has 2 aromatic rings. The molecule has 29 heavy (non-hydrogen) atoms. The minimum atomic E-state index is -0.609. The highest BCUT2D eigenvalue weighted by atomic mass is 16.6. The second-order valence-corrected chi connectivity index (χ2v) is 8.48. The largest absolute Gasteiger partial charge is 0.443 e. The number of nitrogens with two attached hydrogens (primary N) is 3. The Kier molecular flexibility index (Phi) is 6.60. The van der Waals surface area contributed by atoms with Gasteiger partial charge in [0.05, 0.1) is 11.1 Å². The average Bonchev–Trinajstić information content (AvgIpc) is 3.43. The number of amides is 1. The van der Waals surface area contributed by atoms with Crippen LogP contribution in [0.4, 0.5) is 4.79 Å². The van der Waals surface area contributed by atoms with Gasteiger partial charge in [-0.15, -0.1) is 20.4 Å². The molecule has 0 spiro atoms. The number of nitrogens with one attached hydrogen (secondary N) is 3. The molecule has 1 amide bonds. The summed E-state index contributed by atoms with van der Waals surface area (Å²) in [6.45, 7) is 9.05. The number of H-pyrrole nitrogens is 2. The van der Waals surface area contributed by atoms with Gasteiger partial charge in [-0.1, -0.05) is 0 Å². The lowest BCUT2D eigenvalue weighted by Crippen LogP contribution is -2.36. The van der Waals surface area contributed by atoms with E-state index in [4.69, 9.17) is 22.0 Å². The standard InChI is InChI=1S/2C6H10N4.C5H12N2O2/c2*1-4-8-5(10-9-4)6(7)2-3-6;1-5(2,3)9-4(8)7-6/h2*2-3,7H2,1H3,(H,8,9,10);6H2,1-3H3,(H,7,8). The average molecular weight is 409 g/mol. The van der Waals surface area contributed by atoms with Crippen LogP contribution in [0.2, 0.25) is 0 Å². The van der Waals surface area contributed by atoms with Gasteiger partial charge in [0, 0.05) is 0 Å². The van der Waals surface area contributed by atoms with Crippen molar-refractivity contribution in [1.82, 2.24) is 35.8 Å². The first-order valence-electron chi connectivity index (χ1n) is 9.44. The summed E-state index contributed by atoms with van der Waals surface area (Å²) in [5, 5.41) is 15.5. The van der Waals surface area contributed by atoms with Gasteiger partial charge in [-0.2, -0.15) is 0 Å². The van der Waals surface area contributed by atoms with Crippen LogP contribution in [0, 0.1) is 13.8 Å². The zero-order valence-corrected chi connectivity index (χ0v) is 17.7. The fraction of sp³-hybridized carbons (Fsp3) is 0.706. The highest BCUT2D eigenvalue weighted by Gasteiger charge is 2.43. The van der Waals surface area contributed by atoms with Crippen LogP contribution in [0.15, 0.2) is 0 Å². The number of rotatable bonds is 2. The summed E-state index contributed by atoms with van der Waals surface area (Å²) in [6.07, 6.45) is 3.51. The van der Waals surface area contributed by atoms with Crippen LogP contribution < -0.4 is 22.7 Å². The predicted molar refractivity (Wildman–Crippen MR) is 106 cm³/mol. The van der Waals surface area contributed by atoms with Crippen LogP contribution in [0.25, 0.3) is 0 Å².